The molecule has 3 aromatic rings. The summed E-state index contributed by atoms with van der Waals surface area (Å²) in [6, 6.07) is 20.0. The lowest BCUT2D eigenvalue weighted by Gasteiger charge is -2.23. The van der Waals surface area contributed by atoms with Crippen LogP contribution >= 0.6 is 0 Å². The molecule has 0 aromatic heterocycles. The third-order valence-electron chi connectivity index (χ3n) is 5.66. The van der Waals surface area contributed by atoms with Gasteiger partial charge < -0.3 is 19.3 Å². The summed E-state index contributed by atoms with van der Waals surface area (Å²) in [4.78, 5) is 41.3. The normalized spacial score (nSPS) is 14.0. The molecule has 0 saturated carbocycles. The van der Waals surface area contributed by atoms with Gasteiger partial charge in [0.15, 0.2) is 0 Å². The Bertz CT molecular complexity index is 1150. The standard InChI is InChI=1S/C26H26N2O5/c1-2-32-26(31)33-21-13-11-20(12-14-21)24(29)27-15-6-16-28(18-17-27)25(30)23-10-5-8-19-7-3-4-9-22(19)23/h3-5,7-14H,2,6,15-18H2,1H3. The topological polar surface area (TPSA) is 76.2 Å². The fraction of sp³-hybridized carbons (Fsp3) is 0.269. The van der Waals surface area contributed by atoms with Crippen molar-refractivity contribution in [2.24, 2.45) is 0 Å². The monoisotopic (exact) mass is 446 g/mol. The van der Waals surface area contributed by atoms with Gasteiger partial charge in [-0.2, -0.15) is 0 Å². The summed E-state index contributed by atoms with van der Waals surface area (Å²) in [7, 11) is 0. The molecule has 4 rings (SSSR count). The summed E-state index contributed by atoms with van der Waals surface area (Å²) >= 11 is 0. The minimum Gasteiger partial charge on any atom is -0.434 e. The fourth-order valence-corrected chi connectivity index (χ4v) is 4.00. The molecule has 7 heteroatoms. The van der Waals surface area contributed by atoms with Crippen molar-refractivity contribution in [3.63, 3.8) is 0 Å². The van der Waals surface area contributed by atoms with E-state index in [9.17, 15) is 14.4 Å². The Morgan fingerprint density at radius 1 is 0.788 bits per heavy atom. The Morgan fingerprint density at radius 2 is 1.45 bits per heavy atom. The highest BCUT2D eigenvalue weighted by molar-refractivity contribution is 6.07. The van der Waals surface area contributed by atoms with Gasteiger partial charge in [0.25, 0.3) is 11.8 Å². The van der Waals surface area contributed by atoms with Crippen molar-refractivity contribution in [1.82, 2.24) is 9.80 Å². The van der Waals surface area contributed by atoms with Gasteiger partial charge in [0.2, 0.25) is 0 Å². The van der Waals surface area contributed by atoms with E-state index in [1.807, 2.05) is 47.4 Å². The van der Waals surface area contributed by atoms with Gasteiger partial charge in [-0.3, -0.25) is 9.59 Å². The van der Waals surface area contributed by atoms with Crippen molar-refractivity contribution >= 4 is 28.7 Å². The molecule has 33 heavy (non-hydrogen) atoms. The summed E-state index contributed by atoms with van der Waals surface area (Å²) in [5, 5.41) is 1.97. The van der Waals surface area contributed by atoms with Gasteiger partial charge >= 0.3 is 6.16 Å². The molecule has 0 bridgehead atoms. The van der Waals surface area contributed by atoms with Gasteiger partial charge in [0.05, 0.1) is 6.61 Å². The van der Waals surface area contributed by atoms with E-state index in [4.69, 9.17) is 9.47 Å². The van der Waals surface area contributed by atoms with E-state index in [1.54, 1.807) is 36.1 Å². The first-order valence-electron chi connectivity index (χ1n) is 11.1. The molecule has 7 nitrogen and oxygen atoms in total. The van der Waals surface area contributed by atoms with E-state index >= 15 is 0 Å². The van der Waals surface area contributed by atoms with Gasteiger partial charge in [0, 0.05) is 37.3 Å². The molecule has 1 fully saturated rings. The van der Waals surface area contributed by atoms with Crippen LogP contribution in [0.5, 0.6) is 5.75 Å². The van der Waals surface area contributed by atoms with Crippen LogP contribution in [0.2, 0.25) is 0 Å². The van der Waals surface area contributed by atoms with Gasteiger partial charge in [0.1, 0.15) is 5.75 Å². The highest BCUT2D eigenvalue weighted by Gasteiger charge is 2.24. The molecule has 0 atom stereocenters. The largest absolute Gasteiger partial charge is 0.513 e. The molecule has 0 spiro atoms. The number of fused-ring (bicyclic) bond motifs is 1. The molecule has 1 saturated heterocycles. The number of amides is 2. The maximum Gasteiger partial charge on any atom is 0.513 e. The molecule has 1 heterocycles. The first kappa shape index (κ1) is 22.3. The first-order valence-corrected chi connectivity index (χ1v) is 11.1. The number of benzene rings is 3. The zero-order chi connectivity index (χ0) is 23.2. The highest BCUT2D eigenvalue weighted by atomic mass is 16.7. The van der Waals surface area contributed by atoms with Crippen LogP contribution in [0.3, 0.4) is 0 Å². The second kappa shape index (κ2) is 10.2. The van der Waals surface area contributed by atoms with E-state index in [2.05, 4.69) is 0 Å². The summed E-state index contributed by atoms with van der Waals surface area (Å²) in [6.45, 7) is 4.01. The summed E-state index contributed by atoms with van der Waals surface area (Å²) in [5.41, 5.74) is 1.19. The molecule has 3 aromatic carbocycles. The van der Waals surface area contributed by atoms with Crippen LogP contribution in [0.4, 0.5) is 4.79 Å². The number of hydrogen-bond donors (Lipinski definition) is 0. The van der Waals surface area contributed by atoms with Crippen molar-refractivity contribution in [2.45, 2.75) is 13.3 Å². The van der Waals surface area contributed by atoms with Crippen LogP contribution in [-0.4, -0.2) is 60.6 Å². The smallest absolute Gasteiger partial charge is 0.434 e. The Labute approximate surface area is 192 Å². The average molecular weight is 447 g/mol. The second-order valence-electron chi connectivity index (χ2n) is 7.77. The zero-order valence-corrected chi connectivity index (χ0v) is 18.5. The molecule has 2 amide bonds. The van der Waals surface area contributed by atoms with Crippen molar-refractivity contribution in [2.75, 3.05) is 32.8 Å². The number of ether oxygens (including phenoxy) is 2. The van der Waals surface area contributed by atoms with Crippen molar-refractivity contribution < 1.29 is 23.9 Å². The number of hydrogen-bond acceptors (Lipinski definition) is 5. The third kappa shape index (κ3) is 5.14. The molecule has 1 aliphatic heterocycles. The molecule has 1 aliphatic rings. The van der Waals surface area contributed by atoms with E-state index < -0.39 is 6.16 Å². The molecule has 0 radical (unpaired) electrons. The van der Waals surface area contributed by atoms with Crippen molar-refractivity contribution in [1.29, 1.82) is 0 Å². The Balaban J connectivity index is 1.41. The van der Waals surface area contributed by atoms with Crippen LogP contribution in [0.15, 0.2) is 66.7 Å². The second-order valence-corrected chi connectivity index (χ2v) is 7.77. The Hall–Kier alpha value is -3.87. The summed E-state index contributed by atoms with van der Waals surface area (Å²) in [5.74, 6) is 0.187. The minimum absolute atomic E-state index is 0.0124. The van der Waals surface area contributed by atoms with Crippen LogP contribution < -0.4 is 4.74 Å². The first-order chi connectivity index (χ1) is 16.1. The third-order valence-corrected chi connectivity index (χ3v) is 5.66. The van der Waals surface area contributed by atoms with E-state index in [1.165, 1.54) is 0 Å². The van der Waals surface area contributed by atoms with Gasteiger partial charge in [-0.15, -0.1) is 0 Å². The molecule has 0 N–H and O–H groups in total. The lowest BCUT2D eigenvalue weighted by Crippen LogP contribution is -2.37. The van der Waals surface area contributed by atoms with Gasteiger partial charge in [-0.25, -0.2) is 4.79 Å². The predicted molar refractivity (Wildman–Crippen MR) is 124 cm³/mol. The number of carbonyl (C=O) groups excluding carboxylic acids is 3. The lowest BCUT2D eigenvalue weighted by molar-refractivity contribution is 0.0719. The molecule has 0 unspecified atom stereocenters. The molecule has 170 valence electrons. The van der Waals surface area contributed by atoms with Crippen LogP contribution in [-0.2, 0) is 4.74 Å². The summed E-state index contributed by atoms with van der Waals surface area (Å²) in [6.07, 6.45) is -0.0770. The Kier molecular flexibility index (Phi) is 6.88. The fourth-order valence-electron chi connectivity index (χ4n) is 4.00. The minimum atomic E-state index is -0.778. The predicted octanol–water partition coefficient (Wildman–Crippen LogP) is 4.36. The number of rotatable bonds is 4. The van der Waals surface area contributed by atoms with Gasteiger partial charge in [-0.05, 0) is 54.4 Å². The van der Waals surface area contributed by atoms with Gasteiger partial charge in [-0.1, -0.05) is 36.4 Å². The van der Waals surface area contributed by atoms with Crippen molar-refractivity contribution in [3.05, 3.63) is 77.9 Å². The lowest BCUT2D eigenvalue weighted by atomic mass is 10.0. The molecular weight excluding hydrogens is 420 g/mol. The van der Waals surface area contributed by atoms with Crippen LogP contribution in [0.25, 0.3) is 10.8 Å². The molecular formula is C26H26N2O5. The summed E-state index contributed by atoms with van der Waals surface area (Å²) < 4.78 is 9.79. The number of carbonyl (C=O) groups is 3. The Morgan fingerprint density at radius 3 is 2.18 bits per heavy atom. The maximum atomic E-state index is 13.3. The quantitative estimate of drug-likeness (QED) is 0.440. The van der Waals surface area contributed by atoms with Crippen LogP contribution in [0.1, 0.15) is 34.1 Å². The van der Waals surface area contributed by atoms with Crippen LogP contribution in [0, 0.1) is 0 Å². The number of nitrogens with zero attached hydrogens (tertiary/aromatic N) is 2. The van der Waals surface area contributed by atoms with Crippen molar-refractivity contribution in [3.8, 4) is 5.75 Å². The zero-order valence-electron chi connectivity index (χ0n) is 18.5. The van der Waals surface area contributed by atoms with E-state index in [-0.39, 0.29) is 18.4 Å². The highest BCUT2D eigenvalue weighted by Crippen LogP contribution is 2.21. The molecule has 0 aliphatic carbocycles. The SMILES string of the molecule is CCOC(=O)Oc1ccc(C(=O)N2CCCN(C(=O)c3cccc4ccccc34)CC2)cc1. The van der Waals surface area contributed by atoms with E-state index in [0.29, 0.717) is 49.5 Å². The average Bonchev–Trinajstić information content (AvgIpc) is 3.10. The van der Waals surface area contributed by atoms with E-state index in [0.717, 1.165) is 10.8 Å². The maximum absolute atomic E-state index is 13.3.